The zero-order valence-electron chi connectivity index (χ0n) is 16.0. The molecule has 3 amide bonds. The van der Waals surface area contributed by atoms with Crippen LogP contribution >= 0.6 is 0 Å². The highest BCUT2D eigenvalue weighted by molar-refractivity contribution is 6.08. The molecule has 0 aliphatic carbocycles. The van der Waals surface area contributed by atoms with Gasteiger partial charge in [-0.15, -0.1) is 0 Å². The Morgan fingerprint density at radius 1 is 1.10 bits per heavy atom. The average Bonchev–Trinajstić information content (AvgIpc) is 2.67. The number of aryl methyl sites for hydroxylation is 1. The summed E-state index contributed by atoms with van der Waals surface area (Å²) in [6.45, 7) is 1.49. The molecule has 148 valence electrons. The van der Waals surface area contributed by atoms with E-state index in [1.54, 1.807) is 37.3 Å². The van der Waals surface area contributed by atoms with Gasteiger partial charge in [0.15, 0.2) is 0 Å². The first-order valence-corrected chi connectivity index (χ1v) is 8.84. The van der Waals surface area contributed by atoms with Crippen LogP contribution in [0.25, 0.3) is 10.9 Å². The van der Waals surface area contributed by atoms with Crippen molar-refractivity contribution in [2.75, 3.05) is 18.9 Å². The standard InChI is InChI=1S/C21H20N4O4/c1-12-15-8-3-4-9-16(15)24-20(28)18(12)19(27)23-14-7-5-6-13(10-14)21(29)25(2)11-17(22)26/h3-10H,11H2,1-2H3,(H2,22,26)(H,23,27)(H,24,28). The molecule has 0 atom stereocenters. The fourth-order valence-electron chi connectivity index (χ4n) is 3.13. The number of aromatic amines is 1. The van der Waals surface area contributed by atoms with Crippen molar-refractivity contribution in [3.05, 3.63) is 75.6 Å². The van der Waals surface area contributed by atoms with Gasteiger partial charge in [-0.1, -0.05) is 24.3 Å². The van der Waals surface area contributed by atoms with Crippen LogP contribution < -0.4 is 16.6 Å². The van der Waals surface area contributed by atoms with Gasteiger partial charge in [-0.2, -0.15) is 0 Å². The van der Waals surface area contributed by atoms with E-state index in [9.17, 15) is 19.2 Å². The zero-order chi connectivity index (χ0) is 21.1. The number of para-hydroxylation sites is 1. The molecule has 0 aliphatic rings. The molecule has 29 heavy (non-hydrogen) atoms. The molecule has 4 N–H and O–H groups in total. The number of rotatable bonds is 5. The second-order valence-electron chi connectivity index (χ2n) is 6.66. The highest BCUT2D eigenvalue weighted by Gasteiger charge is 2.18. The number of aromatic nitrogens is 1. The minimum Gasteiger partial charge on any atom is -0.368 e. The lowest BCUT2D eigenvalue weighted by Gasteiger charge is -2.16. The van der Waals surface area contributed by atoms with E-state index < -0.39 is 23.3 Å². The van der Waals surface area contributed by atoms with E-state index in [1.165, 1.54) is 18.0 Å². The van der Waals surface area contributed by atoms with Gasteiger partial charge >= 0.3 is 0 Å². The number of pyridine rings is 1. The van der Waals surface area contributed by atoms with Gasteiger partial charge in [0.25, 0.3) is 17.4 Å². The van der Waals surface area contributed by atoms with Crippen LogP contribution in [0.1, 0.15) is 26.3 Å². The van der Waals surface area contributed by atoms with Crippen LogP contribution in [-0.4, -0.2) is 41.2 Å². The minimum absolute atomic E-state index is 0.00581. The number of hydrogen-bond acceptors (Lipinski definition) is 4. The van der Waals surface area contributed by atoms with E-state index in [0.717, 1.165) is 5.39 Å². The molecule has 0 saturated carbocycles. The lowest BCUT2D eigenvalue weighted by atomic mass is 10.0. The molecule has 0 spiro atoms. The van der Waals surface area contributed by atoms with Crippen molar-refractivity contribution in [3.63, 3.8) is 0 Å². The predicted octanol–water partition coefficient (Wildman–Crippen LogP) is 1.65. The van der Waals surface area contributed by atoms with E-state index in [2.05, 4.69) is 10.3 Å². The molecule has 1 heterocycles. The Morgan fingerprint density at radius 3 is 2.55 bits per heavy atom. The van der Waals surface area contributed by atoms with Crippen LogP contribution in [0.4, 0.5) is 5.69 Å². The molecule has 0 unspecified atom stereocenters. The summed E-state index contributed by atoms with van der Waals surface area (Å²) in [5, 5.41) is 3.43. The highest BCUT2D eigenvalue weighted by atomic mass is 16.2. The number of nitrogens with zero attached hydrogens (tertiary/aromatic N) is 1. The number of primary amides is 1. The first kappa shape index (κ1) is 19.8. The summed E-state index contributed by atoms with van der Waals surface area (Å²) >= 11 is 0. The molecule has 2 aromatic carbocycles. The maximum atomic E-state index is 12.8. The maximum Gasteiger partial charge on any atom is 0.261 e. The maximum absolute atomic E-state index is 12.8. The van der Waals surface area contributed by atoms with Crippen molar-refractivity contribution >= 4 is 34.3 Å². The molecule has 0 radical (unpaired) electrons. The van der Waals surface area contributed by atoms with Crippen LogP contribution in [0, 0.1) is 6.92 Å². The van der Waals surface area contributed by atoms with E-state index in [-0.39, 0.29) is 17.7 Å². The summed E-state index contributed by atoms with van der Waals surface area (Å²) in [5.41, 5.74) is 6.46. The Bertz CT molecular complexity index is 1180. The third-order valence-corrected chi connectivity index (χ3v) is 4.52. The number of carbonyl (C=O) groups is 3. The SMILES string of the molecule is Cc1c(C(=O)Nc2cccc(C(=O)N(C)CC(N)=O)c2)c(=O)[nH]c2ccccc12. The first-order chi connectivity index (χ1) is 13.8. The molecule has 0 saturated heterocycles. The van der Waals surface area contributed by atoms with Crippen molar-refractivity contribution in [1.29, 1.82) is 0 Å². The van der Waals surface area contributed by atoms with Crippen LogP contribution in [0.2, 0.25) is 0 Å². The Hall–Kier alpha value is -3.94. The Labute approximate surface area is 166 Å². The van der Waals surface area contributed by atoms with Crippen molar-refractivity contribution in [1.82, 2.24) is 9.88 Å². The van der Waals surface area contributed by atoms with E-state index in [1.807, 2.05) is 12.1 Å². The topological polar surface area (TPSA) is 125 Å². The first-order valence-electron chi connectivity index (χ1n) is 8.84. The van der Waals surface area contributed by atoms with Crippen molar-refractivity contribution < 1.29 is 14.4 Å². The number of nitrogens with one attached hydrogen (secondary N) is 2. The number of amides is 3. The molecule has 3 aromatic rings. The molecular weight excluding hydrogens is 372 g/mol. The Morgan fingerprint density at radius 2 is 1.83 bits per heavy atom. The highest BCUT2D eigenvalue weighted by Crippen LogP contribution is 2.19. The third kappa shape index (κ3) is 4.16. The van der Waals surface area contributed by atoms with Crippen molar-refractivity contribution in [2.24, 2.45) is 5.73 Å². The molecule has 0 aliphatic heterocycles. The number of benzene rings is 2. The second kappa shape index (κ2) is 7.97. The van der Waals surface area contributed by atoms with E-state index in [0.29, 0.717) is 16.8 Å². The average molecular weight is 392 g/mol. The van der Waals surface area contributed by atoms with Crippen LogP contribution in [0.3, 0.4) is 0 Å². The summed E-state index contributed by atoms with van der Waals surface area (Å²) < 4.78 is 0. The van der Waals surface area contributed by atoms with Crippen LogP contribution in [0.5, 0.6) is 0 Å². The summed E-state index contributed by atoms with van der Waals surface area (Å²) in [7, 11) is 1.45. The van der Waals surface area contributed by atoms with E-state index >= 15 is 0 Å². The Kier molecular flexibility index (Phi) is 5.45. The second-order valence-corrected chi connectivity index (χ2v) is 6.66. The summed E-state index contributed by atoms with van der Waals surface area (Å²) in [6, 6.07) is 13.5. The number of hydrogen-bond donors (Lipinski definition) is 3. The van der Waals surface area contributed by atoms with Gasteiger partial charge in [-0.05, 0) is 36.8 Å². The lowest BCUT2D eigenvalue weighted by molar-refractivity contribution is -0.118. The number of H-pyrrole nitrogens is 1. The predicted molar refractivity (Wildman–Crippen MR) is 110 cm³/mol. The molecule has 0 fully saturated rings. The van der Waals surface area contributed by atoms with Gasteiger partial charge in [-0.25, -0.2) is 0 Å². The number of anilines is 1. The lowest BCUT2D eigenvalue weighted by Crippen LogP contribution is -2.35. The summed E-state index contributed by atoms with van der Waals surface area (Å²) in [5.74, 6) is -1.62. The zero-order valence-corrected chi connectivity index (χ0v) is 16.0. The van der Waals surface area contributed by atoms with Gasteiger partial charge in [0.05, 0.1) is 6.54 Å². The molecule has 0 bridgehead atoms. The van der Waals surface area contributed by atoms with Gasteiger partial charge < -0.3 is 20.9 Å². The number of nitrogens with two attached hydrogens (primary N) is 1. The summed E-state index contributed by atoms with van der Waals surface area (Å²) in [6.07, 6.45) is 0. The van der Waals surface area contributed by atoms with Gasteiger partial charge in [0, 0.05) is 29.2 Å². The largest absolute Gasteiger partial charge is 0.368 e. The van der Waals surface area contributed by atoms with Crippen molar-refractivity contribution in [3.8, 4) is 0 Å². The van der Waals surface area contributed by atoms with Crippen molar-refractivity contribution in [2.45, 2.75) is 6.92 Å². The fraction of sp³-hybridized carbons (Fsp3) is 0.143. The number of carbonyl (C=O) groups excluding carboxylic acids is 3. The quantitative estimate of drug-likeness (QED) is 0.610. The van der Waals surface area contributed by atoms with Crippen LogP contribution in [0.15, 0.2) is 53.3 Å². The molecular formula is C21H20N4O4. The van der Waals surface area contributed by atoms with Gasteiger partial charge in [0.2, 0.25) is 5.91 Å². The third-order valence-electron chi connectivity index (χ3n) is 4.52. The normalized spacial score (nSPS) is 10.6. The smallest absolute Gasteiger partial charge is 0.261 e. The fourth-order valence-corrected chi connectivity index (χ4v) is 3.13. The van der Waals surface area contributed by atoms with Gasteiger partial charge in [-0.3, -0.25) is 19.2 Å². The molecule has 8 heteroatoms. The number of likely N-dealkylation sites (N-methyl/N-ethyl adjacent to an activating group) is 1. The number of fused-ring (bicyclic) bond motifs is 1. The Balaban J connectivity index is 1.89. The minimum atomic E-state index is -0.628. The molecule has 3 rings (SSSR count). The van der Waals surface area contributed by atoms with E-state index in [4.69, 9.17) is 5.73 Å². The van der Waals surface area contributed by atoms with Crippen LogP contribution in [-0.2, 0) is 4.79 Å². The summed E-state index contributed by atoms with van der Waals surface area (Å²) in [4.78, 5) is 52.5. The van der Waals surface area contributed by atoms with Gasteiger partial charge in [0.1, 0.15) is 5.56 Å². The monoisotopic (exact) mass is 392 g/mol. The molecule has 1 aromatic heterocycles. The molecule has 8 nitrogen and oxygen atoms in total.